The fourth-order valence-electron chi connectivity index (χ4n) is 3.31. The molecule has 0 saturated heterocycles. The third kappa shape index (κ3) is 3.74. The molecule has 28 heavy (non-hydrogen) atoms. The fourth-order valence-corrected chi connectivity index (χ4v) is 3.31. The monoisotopic (exact) mass is 380 g/mol. The molecule has 0 fully saturated rings. The van der Waals surface area contributed by atoms with E-state index < -0.39 is 11.8 Å². The van der Waals surface area contributed by atoms with Crippen LogP contribution in [-0.2, 0) is 9.59 Å². The molecule has 7 nitrogen and oxygen atoms in total. The highest BCUT2D eigenvalue weighted by Gasteiger charge is 2.27. The van der Waals surface area contributed by atoms with E-state index in [1.54, 1.807) is 0 Å². The van der Waals surface area contributed by atoms with E-state index >= 15 is 0 Å². The van der Waals surface area contributed by atoms with Gasteiger partial charge in [-0.2, -0.15) is 4.99 Å². The maximum absolute atomic E-state index is 12.7. The number of nitrogens with zero attached hydrogens (tertiary/aromatic N) is 2. The zero-order valence-corrected chi connectivity index (χ0v) is 16.5. The predicted molar refractivity (Wildman–Crippen MR) is 107 cm³/mol. The summed E-state index contributed by atoms with van der Waals surface area (Å²) in [4.78, 5) is 39.8. The zero-order chi connectivity index (χ0) is 20.4. The summed E-state index contributed by atoms with van der Waals surface area (Å²) in [6.45, 7) is 7.71. The van der Waals surface area contributed by atoms with Gasteiger partial charge in [-0.15, -0.1) is 0 Å². The number of nitrogens with one attached hydrogen (secondary N) is 2. The van der Waals surface area contributed by atoms with E-state index in [0.29, 0.717) is 11.4 Å². The van der Waals surface area contributed by atoms with Gasteiger partial charge in [0.25, 0.3) is 11.8 Å². The van der Waals surface area contributed by atoms with Gasteiger partial charge in [-0.05, 0) is 45.4 Å². The Morgan fingerprint density at radius 2 is 1.93 bits per heavy atom. The predicted octanol–water partition coefficient (Wildman–Crippen LogP) is 2.21. The van der Waals surface area contributed by atoms with Crippen molar-refractivity contribution in [2.45, 2.75) is 34.1 Å². The molecule has 3 rings (SSSR count). The number of amides is 3. The van der Waals surface area contributed by atoms with Gasteiger partial charge in [0.15, 0.2) is 0 Å². The lowest BCUT2D eigenvalue weighted by Crippen LogP contribution is -2.43. The Bertz CT molecular complexity index is 988. The average molecular weight is 380 g/mol. The molecule has 0 radical (unpaired) electrons. The molecule has 3 amide bonds. The number of aryl methyl sites for hydroxylation is 2. The first-order chi connectivity index (χ1) is 13.3. The van der Waals surface area contributed by atoms with E-state index in [1.807, 2.05) is 51.1 Å². The Hall–Kier alpha value is -3.22. The minimum absolute atomic E-state index is 0.199. The molecular weight excluding hydrogens is 356 g/mol. The van der Waals surface area contributed by atoms with Gasteiger partial charge in [-0.1, -0.05) is 18.2 Å². The topological polar surface area (TPSA) is 92.6 Å². The van der Waals surface area contributed by atoms with Crippen LogP contribution in [0.15, 0.2) is 35.3 Å². The highest BCUT2D eigenvalue weighted by molar-refractivity contribution is 6.15. The Labute approximate surface area is 163 Å². The van der Waals surface area contributed by atoms with Crippen LogP contribution in [0.25, 0.3) is 5.69 Å². The standard InChI is InChI=1S/C21H24N4O3/c1-12-7-5-6-8-17(12)25-13(2)11-16(15(25)4)21(28)22-10-9-18-23-19(26)14(3)20(27)24-18/h5-8,11,14H,9-10H2,1-4H3,(H,22,28)(H,23,24,26,27). The zero-order valence-electron chi connectivity index (χ0n) is 16.5. The Morgan fingerprint density at radius 3 is 2.61 bits per heavy atom. The highest BCUT2D eigenvalue weighted by Crippen LogP contribution is 2.23. The van der Waals surface area contributed by atoms with Crippen LogP contribution in [0, 0.1) is 26.7 Å². The number of benzene rings is 1. The summed E-state index contributed by atoms with van der Waals surface area (Å²) in [5, 5.41) is 5.44. The first-order valence-corrected chi connectivity index (χ1v) is 9.25. The summed E-state index contributed by atoms with van der Waals surface area (Å²) in [6, 6.07) is 9.89. The number of aliphatic imine (C=N–C) groups is 1. The lowest BCUT2D eigenvalue weighted by molar-refractivity contribution is -0.132. The van der Waals surface area contributed by atoms with Gasteiger partial charge in [0.2, 0.25) is 5.91 Å². The van der Waals surface area contributed by atoms with E-state index in [-0.39, 0.29) is 24.8 Å². The summed E-state index contributed by atoms with van der Waals surface area (Å²) in [6.07, 6.45) is 0.284. The van der Waals surface area contributed by atoms with Crippen LogP contribution in [0.5, 0.6) is 0 Å². The van der Waals surface area contributed by atoms with Gasteiger partial charge in [0, 0.05) is 30.0 Å². The van der Waals surface area contributed by atoms with Gasteiger partial charge in [-0.3, -0.25) is 14.4 Å². The van der Waals surface area contributed by atoms with Crippen LogP contribution in [0.3, 0.4) is 0 Å². The van der Waals surface area contributed by atoms with Crippen molar-refractivity contribution >= 4 is 23.6 Å². The Kier molecular flexibility index (Phi) is 5.44. The van der Waals surface area contributed by atoms with Crippen molar-refractivity contribution in [3.8, 4) is 5.69 Å². The molecule has 2 N–H and O–H groups in total. The van der Waals surface area contributed by atoms with Crippen LogP contribution in [0.1, 0.15) is 40.7 Å². The van der Waals surface area contributed by atoms with Crippen LogP contribution in [0.4, 0.5) is 0 Å². The second kappa shape index (κ2) is 7.80. The van der Waals surface area contributed by atoms with Crippen molar-refractivity contribution in [1.29, 1.82) is 0 Å². The van der Waals surface area contributed by atoms with Crippen molar-refractivity contribution in [1.82, 2.24) is 15.2 Å². The van der Waals surface area contributed by atoms with Gasteiger partial charge in [0.05, 0.1) is 5.56 Å². The Morgan fingerprint density at radius 1 is 1.21 bits per heavy atom. The van der Waals surface area contributed by atoms with E-state index in [1.165, 1.54) is 6.92 Å². The van der Waals surface area contributed by atoms with Gasteiger partial charge >= 0.3 is 0 Å². The lowest BCUT2D eigenvalue weighted by Gasteiger charge is -2.17. The third-order valence-electron chi connectivity index (χ3n) is 4.96. The largest absolute Gasteiger partial charge is 0.352 e. The molecule has 1 aromatic heterocycles. The van der Waals surface area contributed by atoms with Crippen LogP contribution < -0.4 is 10.6 Å². The highest BCUT2D eigenvalue weighted by atomic mass is 16.2. The molecule has 0 spiro atoms. The molecule has 0 aliphatic carbocycles. The number of hydrogen-bond donors (Lipinski definition) is 2. The summed E-state index contributed by atoms with van der Waals surface area (Å²) in [7, 11) is 0. The van der Waals surface area contributed by atoms with E-state index in [2.05, 4.69) is 20.2 Å². The van der Waals surface area contributed by atoms with E-state index in [9.17, 15) is 14.4 Å². The minimum Gasteiger partial charge on any atom is -0.352 e. The SMILES string of the molecule is Cc1ccccc1-n1c(C)cc(C(=O)NCCC2=NC(=O)C(C)C(=O)N2)c1C. The molecule has 0 saturated carbocycles. The molecule has 1 aliphatic rings. The first-order valence-electron chi connectivity index (χ1n) is 9.25. The van der Waals surface area contributed by atoms with Gasteiger partial charge in [0.1, 0.15) is 11.8 Å². The number of rotatable bonds is 5. The summed E-state index contributed by atoms with van der Waals surface area (Å²) < 4.78 is 2.07. The second-order valence-corrected chi connectivity index (χ2v) is 7.02. The molecule has 2 heterocycles. The number of carbonyl (C=O) groups is 3. The molecule has 2 aromatic rings. The van der Waals surface area contributed by atoms with Crippen molar-refractivity contribution < 1.29 is 14.4 Å². The molecule has 1 aromatic carbocycles. The second-order valence-electron chi connectivity index (χ2n) is 7.02. The number of aromatic nitrogens is 1. The summed E-state index contributed by atoms with van der Waals surface area (Å²) >= 11 is 0. The molecular formula is C21H24N4O3. The first kappa shape index (κ1) is 19.5. The van der Waals surface area contributed by atoms with E-state index in [4.69, 9.17) is 0 Å². The van der Waals surface area contributed by atoms with Crippen molar-refractivity contribution in [3.63, 3.8) is 0 Å². The van der Waals surface area contributed by atoms with E-state index in [0.717, 1.165) is 22.6 Å². The maximum Gasteiger partial charge on any atom is 0.259 e. The van der Waals surface area contributed by atoms with Crippen LogP contribution in [-0.4, -0.2) is 34.7 Å². The fraction of sp³-hybridized carbons (Fsp3) is 0.333. The minimum atomic E-state index is -0.759. The third-order valence-corrected chi connectivity index (χ3v) is 4.96. The van der Waals surface area contributed by atoms with Gasteiger partial charge < -0.3 is 15.2 Å². The number of hydrogen-bond acceptors (Lipinski definition) is 3. The van der Waals surface area contributed by atoms with Crippen molar-refractivity contribution in [3.05, 3.63) is 52.8 Å². The number of carbonyl (C=O) groups excluding carboxylic acids is 3. The van der Waals surface area contributed by atoms with Gasteiger partial charge in [-0.25, -0.2) is 0 Å². The molecule has 1 aliphatic heterocycles. The van der Waals surface area contributed by atoms with Crippen molar-refractivity contribution in [2.75, 3.05) is 6.54 Å². The smallest absolute Gasteiger partial charge is 0.259 e. The Balaban J connectivity index is 1.70. The maximum atomic E-state index is 12.7. The molecule has 1 atom stereocenters. The summed E-state index contributed by atoms with van der Waals surface area (Å²) in [5.41, 5.74) is 4.60. The summed E-state index contributed by atoms with van der Waals surface area (Å²) in [5.74, 6) is -1.48. The lowest BCUT2D eigenvalue weighted by atomic mass is 10.1. The normalized spacial score (nSPS) is 16.6. The molecule has 0 bridgehead atoms. The molecule has 7 heteroatoms. The van der Waals surface area contributed by atoms with Crippen LogP contribution in [0.2, 0.25) is 0 Å². The van der Waals surface area contributed by atoms with Crippen LogP contribution >= 0.6 is 0 Å². The molecule has 1 unspecified atom stereocenters. The number of para-hydroxylation sites is 1. The quantitative estimate of drug-likeness (QED) is 0.779. The van der Waals surface area contributed by atoms with Crippen molar-refractivity contribution in [2.24, 2.45) is 10.9 Å². The number of amidine groups is 1. The average Bonchev–Trinajstić information content (AvgIpc) is 2.94. The molecule has 146 valence electrons.